The molecule has 2 aliphatic heterocycles. The summed E-state index contributed by atoms with van der Waals surface area (Å²) in [5.74, 6) is -1.12. The first-order chi connectivity index (χ1) is 14.6. The van der Waals surface area contributed by atoms with Crippen molar-refractivity contribution in [1.29, 1.82) is 0 Å². The van der Waals surface area contributed by atoms with E-state index >= 15 is 0 Å². The molecule has 2 aromatic carbocycles. The molecule has 1 saturated heterocycles. The summed E-state index contributed by atoms with van der Waals surface area (Å²) in [7, 11) is 0. The number of nitrogens with one attached hydrogen (secondary N) is 1. The lowest BCUT2D eigenvalue weighted by molar-refractivity contribution is -0.123. The largest absolute Gasteiger partial charge is 0.391 e. The van der Waals surface area contributed by atoms with Gasteiger partial charge >= 0.3 is 0 Å². The minimum absolute atomic E-state index is 0.242. The minimum atomic E-state index is -0.718. The molecule has 2 aliphatic rings. The number of nitrogens with zero attached hydrogens (tertiary/aromatic N) is 2. The van der Waals surface area contributed by atoms with Gasteiger partial charge in [-0.2, -0.15) is 0 Å². The van der Waals surface area contributed by atoms with Crippen LogP contribution in [0.3, 0.4) is 0 Å². The molecule has 6 nitrogen and oxygen atoms in total. The third-order valence-electron chi connectivity index (χ3n) is 5.75. The van der Waals surface area contributed by atoms with Gasteiger partial charge < -0.3 is 10.5 Å². The molecule has 156 valence electrons. The van der Waals surface area contributed by atoms with E-state index in [4.69, 9.17) is 0 Å². The zero-order chi connectivity index (χ0) is 21.1. The number of benzene rings is 2. The van der Waals surface area contributed by atoms with Crippen molar-refractivity contribution in [1.82, 2.24) is 5.01 Å². The molecule has 0 aromatic heterocycles. The van der Waals surface area contributed by atoms with E-state index in [0.717, 1.165) is 18.5 Å². The van der Waals surface area contributed by atoms with Crippen LogP contribution in [0, 0.1) is 5.92 Å². The first-order valence-corrected chi connectivity index (χ1v) is 10.5. The van der Waals surface area contributed by atoms with Crippen molar-refractivity contribution in [2.45, 2.75) is 44.4 Å². The number of hydrazine groups is 1. The number of rotatable bonds is 7. The Morgan fingerprint density at radius 2 is 1.63 bits per heavy atom. The predicted molar refractivity (Wildman–Crippen MR) is 117 cm³/mol. The molecule has 2 aromatic rings. The zero-order valence-electron chi connectivity index (χ0n) is 17.0. The Balaban J connectivity index is 1.69. The lowest BCUT2D eigenvalue weighted by Crippen LogP contribution is -2.57. The van der Waals surface area contributed by atoms with Gasteiger partial charge in [0.25, 0.3) is 5.91 Å². The standard InChI is InChI=1S/C24H27N3O3/c1-2-3-14-21(28)20-16-15-19-22(27(20)25-17-10-6-4-7-11-17)24(30)26(23(19)29)18-12-8-5-9-13-18/h4-13,15-16,19-22,25,28H,2-3,14H2,1H3. The molecule has 0 radical (unpaired) electrons. The number of para-hydroxylation sites is 2. The van der Waals surface area contributed by atoms with Gasteiger partial charge in [0, 0.05) is 5.69 Å². The SMILES string of the molecule is CCCCC(O)C1C=CC2C(=O)N(c3ccccc3)C(=O)C2N1Nc1ccccc1. The van der Waals surface area contributed by atoms with Gasteiger partial charge in [0.15, 0.2) is 0 Å². The normalized spacial score (nSPS) is 24.7. The van der Waals surface area contributed by atoms with Crippen LogP contribution in [0.4, 0.5) is 11.4 Å². The monoisotopic (exact) mass is 405 g/mol. The highest BCUT2D eigenvalue weighted by molar-refractivity contribution is 6.24. The first kappa shape index (κ1) is 20.3. The van der Waals surface area contributed by atoms with Gasteiger partial charge in [-0.3, -0.25) is 9.59 Å². The van der Waals surface area contributed by atoms with Gasteiger partial charge in [-0.25, -0.2) is 9.91 Å². The fourth-order valence-electron chi connectivity index (χ4n) is 4.20. The fourth-order valence-corrected chi connectivity index (χ4v) is 4.20. The van der Waals surface area contributed by atoms with Gasteiger partial charge in [-0.1, -0.05) is 68.3 Å². The molecule has 0 bridgehead atoms. The summed E-state index contributed by atoms with van der Waals surface area (Å²) in [5.41, 5.74) is 4.68. The molecule has 2 heterocycles. The maximum absolute atomic E-state index is 13.4. The van der Waals surface area contributed by atoms with E-state index in [9.17, 15) is 14.7 Å². The van der Waals surface area contributed by atoms with Crippen molar-refractivity contribution in [3.05, 3.63) is 72.8 Å². The van der Waals surface area contributed by atoms with E-state index in [0.29, 0.717) is 12.1 Å². The summed E-state index contributed by atoms with van der Waals surface area (Å²) in [4.78, 5) is 27.8. The molecule has 4 rings (SSSR count). The fraction of sp³-hybridized carbons (Fsp3) is 0.333. The minimum Gasteiger partial charge on any atom is -0.391 e. The molecule has 2 N–H and O–H groups in total. The van der Waals surface area contributed by atoms with Crippen LogP contribution >= 0.6 is 0 Å². The zero-order valence-corrected chi connectivity index (χ0v) is 17.0. The lowest BCUT2D eigenvalue weighted by Gasteiger charge is -2.40. The van der Waals surface area contributed by atoms with Crippen molar-refractivity contribution in [3.8, 4) is 0 Å². The molecular formula is C24H27N3O3. The second-order valence-electron chi connectivity index (χ2n) is 7.79. The average Bonchev–Trinajstić information content (AvgIpc) is 3.04. The molecule has 4 atom stereocenters. The van der Waals surface area contributed by atoms with Crippen LogP contribution in [0.1, 0.15) is 26.2 Å². The maximum atomic E-state index is 13.4. The molecule has 1 fully saturated rings. The van der Waals surface area contributed by atoms with Crippen molar-refractivity contribution < 1.29 is 14.7 Å². The van der Waals surface area contributed by atoms with E-state index in [1.165, 1.54) is 4.90 Å². The number of aliphatic hydroxyl groups is 1. The molecule has 0 saturated carbocycles. The number of fused-ring (bicyclic) bond motifs is 1. The number of unbranched alkanes of at least 4 members (excludes halogenated alkanes) is 1. The van der Waals surface area contributed by atoms with E-state index in [1.807, 2.05) is 54.6 Å². The second-order valence-corrected chi connectivity index (χ2v) is 7.79. The van der Waals surface area contributed by atoms with E-state index in [2.05, 4.69) is 12.3 Å². The second kappa shape index (κ2) is 8.81. The number of hydrogen-bond donors (Lipinski definition) is 2. The Bertz CT molecular complexity index is 916. The van der Waals surface area contributed by atoms with Crippen molar-refractivity contribution in [3.63, 3.8) is 0 Å². The van der Waals surface area contributed by atoms with Crippen molar-refractivity contribution in [2.75, 3.05) is 10.3 Å². The summed E-state index contributed by atoms with van der Waals surface area (Å²) in [5, 5.41) is 12.6. The average molecular weight is 405 g/mol. The number of hydrogen-bond acceptors (Lipinski definition) is 5. The molecule has 0 spiro atoms. The number of imide groups is 1. The van der Waals surface area contributed by atoms with Crippen molar-refractivity contribution >= 4 is 23.2 Å². The number of aliphatic hydroxyl groups excluding tert-OH is 1. The maximum Gasteiger partial charge on any atom is 0.254 e. The highest BCUT2D eigenvalue weighted by atomic mass is 16.3. The Morgan fingerprint density at radius 3 is 2.30 bits per heavy atom. The highest BCUT2D eigenvalue weighted by Crippen LogP contribution is 2.36. The van der Waals surface area contributed by atoms with E-state index in [-0.39, 0.29) is 11.8 Å². The third kappa shape index (κ3) is 3.76. The van der Waals surface area contributed by atoms with Crippen LogP contribution in [0.25, 0.3) is 0 Å². The lowest BCUT2D eigenvalue weighted by atomic mass is 9.91. The van der Waals surface area contributed by atoms with Gasteiger partial charge in [-0.15, -0.1) is 0 Å². The van der Waals surface area contributed by atoms with Crippen LogP contribution in [0.2, 0.25) is 0 Å². The van der Waals surface area contributed by atoms with Crippen LogP contribution in [-0.2, 0) is 9.59 Å². The third-order valence-corrected chi connectivity index (χ3v) is 5.75. The van der Waals surface area contributed by atoms with Gasteiger partial charge in [0.2, 0.25) is 5.91 Å². The summed E-state index contributed by atoms with van der Waals surface area (Å²) >= 11 is 0. The topological polar surface area (TPSA) is 72.9 Å². The Morgan fingerprint density at radius 1 is 0.967 bits per heavy atom. The summed E-state index contributed by atoms with van der Waals surface area (Å²) in [6.45, 7) is 2.08. The Kier molecular flexibility index (Phi) is 5.97. The summed E-state index contributed by atoms with van der Waals surface area (Å²) < 4.78 is 0. The van der Waals surface area contributed by atoms with Crippen LogP contribution in [0.5, 0.6) is 0 Å². The molecule has 2 amide bonds. The van der Waals surface area contributed by atoms with Crippen LogP contribution in [0.15, 0.2) is 72.8 Å². The Labute approximate surface area is 176 Å². The number of anilines is 2. The number of carbonyl (C=O) groups excluding carboxylic acids is 2. The van der Waals surface area contributed by atoms with E-state index in [1.54, 1.807) is 23.2 Å². The summed E-state index contributed by atoms with van der Waals surface area (Å²) in [6, 6.07) is 17.4. The molecule has 6 heteroatoms. The smallest absolute Gasteiger partial charge is 0.254 e. The number of amides is 2. The first-order valence-electron chi connectivity index (χ1n) is 10.5. The van der Waals surface area contributed by atoms with Crippen LogP contribution in [-0.4, -0.2) is 40.1 Å². The summed E-state index contributed by atoms with van der Waals surface area (Å²) in [6.07, 6.45) is 5.49. The molecule has 4 unspecified atom stereocenters. The highest BCUT2D eigenvalue weighted by Gasteiger charge is 2.53. The van der Waals surface area contributed by atoms with Crippen molar-refractivity contribution in [2.24, 2.45) is 5.92 Å². The molecular weight excluding hydrogens is 378 g/mol. The van der Waals surface area contributed by atoms with Gasteiger partial charge in [0.05, 0.1) is 23.8 Å². The number of carbonyl (C=O) groups is 2. The quantitative estimate of drug-likeness (QED) is 0.546. The van der Waals surface area contributed by atoms with Gasteiger partial charge in [-0.05, 0) is 30.7 Å². The predicted octanol–water partition coefficient (Wildman–Crippen LogP) is 3.36. The molecule has 30 heavy (non-hydrogen) atoms. The molecule has 0 aliphatic carbocycles. The van der Waals surface area contributed by atoms with Gasteiger partial charge in [0.1, 0.15) is 6.04 Å². The van der Waals surface area contributed by atoms with Crippen LogP contribution < -0.4 is 10.3 Å². The Hall–Kier alpha value is -2.96. The van der Waals surface area contributed by atoms with E-state index < -0.39 is 24.1 Å².